The average molecular weight is 343 g/mol. The molecule has 0 amide bonds. The zero-order chi connectivity index (χ0) is 18.4. The maximum Gasteiger partial charge on any atom is 0.225 e. The van der Waals surface area contributed by atoms with Gasteiger partial charge in [-0.15, -0.1) is 0 Å². The van der Waals surface area contributed by atoms with E-state index < -0.39 is 0 Å². The van der Waals surface area contributed by atoms with Crippen molar-refractivity contribution in [1.82, 2.24) is 9.97 Å². The van der Waals surface area contributed by atoms with E-state index in [0.29, 0.717) is 17.3 Å². The Hall–Kier alpha value is -3.39. The summed E-state index contributed by atoms with van der Waals surface area (Å²) < 4.78 is 0. The maximum atomic E-state index is 8.93. The molecule has 0 fully saturated rings. The molecule has 26 heavy (non-hydrogen) atoms. The highest BCUT2D eigenvalue weighted by Gasteiger charge is 2.09. The summed E-state index contributed by atoms with van der Waals surface area (Å²) in [7, 11) is 0. The number of anilines is 3. The van der Waals surface area contributed by atoms with E-state index in [9.17, 15) is 0 Å². The van der Waals surface area contributed by atoms with E-state index in [-0.39, 0.29) is 6.04 Å². The molecule has 5 heteroatoms. The van der Waals surface area contributed by atoms with Crippen molar-refractivity contribution in [2.45, 2.75) is 26.3 Å². The molecule has 0 spiro atoms. The fourth-order valence-electron chi connectivity index (χ4n) is 2.43. The fourth-order valence-corrected chi connectivity index (χ4v) is 2.43. The molecule has 0 aliphatic heterocycles. The van der Waals surface area contributed by atoms with Crippen LogP contribution in [0.4, 0.5) is 17.5 Å². The van der Waals surface area contributed by atoms with Crippen molar-refractivity contribution in [3.63, 3.8) is 0 Å². The van der Waals surface area contributed by atoms with Gasteiger partial charge >= 0.3 is 0 Å². The highest BCUT2D eigenvalue weighted by atomic mass is 15.2. The second-order valence-corrected chi connectivity index (χ2v) is 6.10. The molecule has 5 nitrogen and oxygen atoms in total. The van der Waals surface area contributed by atoms with E-state index >= 15 is 0 Å². The van der Waals surface area contributed by atoms with Crippen LogP contribution in [0, 0.1) is 11.3 Å². The molecule has 0 bridgehead atoms. The minimum absolute atomic E-state index is 0.281. The first kappa shape index (κ1) is 17.4. The standard InChI is InChI=1S/C21H21N5/c1-3-15(2)23-21-25-19(17-7-5-4-6-8-17)13-20(26-21)24-18-11-9-16(14-22)10-12-18/h4-13,15H,3H2,1-2H3,(H2,23,24,25,26). The Bertz CT molecular complexity index is 898. The van der Waals surface area contributed by atoms with Crippen LogP contribution >= 0.6 is 0 Å². The van der Waals surface area contributed by atoms with Gasteiger partial charge in [0.25, 0.3) is 0 Å². The third-order valence-electron chi connectivity index (χ3n) is 4.07. The summed E-state index contributed by atoms with van der Waals surface area (Å²) in [6, 6.07) is 21.6. The van der Waals surface area contributed by atoms with Crippen molar-refractivity contribution >= 4 is 17.5 Å². The van der Waals surface area contributed by atoms with E-state index in [1.54, 1.807) is 12.1 Å². The number of nitrogens with one attached hydrogen (secondary N) is 2. The fraction of sp³-hybridized carbons (Fsp3) is 0.190. The Balaban J connectivity index is 1.94. The molecular weight excluding hydrogens is 322 g/mol. The van der Waals surface area contributed by atoms with Crippen LogP contribution in [0.1, 0.15) is 25.8 Å². The predicted molar refractivity (Wildman–Crippen MR) is 105 cm³/mol. The van der Waals surface area contributed by atoms with Crippen molar-refractivity contribution in [2.24, 2.45) is 0 Å². The van der Waals surface area contributed by atoms with Crippen LogP contribution in [-0.2, 0) is 0 Å². The summed E-state index contributed by atoms with van der Waals surface area (Å²) in [4.78, 5) is 9.24. The van der Waals surface area contributed by atoms with Gasteiger partial charge in [0.2, 0.25) is 5.95 Å². The number of hydrogen-bond acceptors (Lipinski definition) is 5. The molecule has 1 atom stereocenters. The molecule has 2 N–H and O–H groups in total. The molecule has 3 aromatic rings. The molecule has 2 aromatic carbocycles. The van der Waals surface area contributed by atoms with Crippen molar-refractivity contribution in [2.75, 3.05) is 10.6 Å². The molecule has 3 rings (SSSR count). The van der Waals surface area contributed by atoms with Gasteiger partial charge in [-0.25, -0.2) is 4.98 Å². The maximum absolute atomic E-state index is 8.93. The summed E-state index contributed by atoms with van der Waals surface area (Å²) in [6.45, 7) is 4.22. The van der Waals surface area contributed by atoms with E-state index in [0.717, 1.165) is 23.4 Å². The van der Waals surface area contributed by atoms with Gasteiger partial charge in [-0.3, -0.25) is 0 Å². The SMILES string of the molecule is CCC(C)Nc1nc(Nc2ccc(C#N)cc2)cc(-c2ccccc2)n1. The molecule has 130 valence electrons. The first-order chi connectivity index (χ1) is 12.7. The highest BCUT2D eigenvalue weighted by molar-refractivity contribution is 5.67. The number of rotatable bonds is 6. The molecule has 0 radical (unpaired) electrons. The zero-order valence-corrected chi connectivity index (χ0v) is 14.9. The van der Waals surface area contributed by atoms with E-state index in [1.807, 2.05) is 48.5 Å². The lowest BCUT2D eigenvalue weighted by Gasteiger charge is -2.14. The third-order valence-corrected chi connectivity index (χ3v) is 4.07. The molecule has 0 aliphatic rings. The van der Waals surface area contributed by atoms with Crippen LogP contribution < -0.4 is 10.6 Å². The van der Waals surface area contributed by atoms with Gasteiger partial charge in [-0.1, -0.05) is 37.3 Å². The second-order valence-electron chi connectivity index (χ2n) is 6.10. The van der Waals surface area contributed by atoms with Crippen molar-refractivity contribution in [1.29, 1.82) is 5.26 Å². The molecular formula is C21H21N5. The van der Waals surface area contributed by atoms with Crippen molar-refractivity contribution in [3.8, 4) is 17.3 Å². The quantitative estimate of drug-likeness (QED) is 0.661. The largest absolute Gasteiger partial charge is 0.352 e. The first-order valence-corrected chi connectivity index (χ1v) is 8.66. The monoisotopic (exact) mass is 343 g/mol. The van der Waals surface area contributed by atoms with Crippen molar-refractivity contribution in [3.05, 3.63) is 66.2 Å². The summed E-state index contributed by atoms with van der Waals surface area (Å²) >= 11 is 0. The summed E-state index contributed by atoms with van der Waals surface area (Å²) in [5, 5.41) is 15.6. The smallest absolute Gasteiger partial charge is 0.225 e. The molecule has 1 heterocycles. The number of nitrogens with zero attached hydrogens (tertiary/aromatic N) is 3. The Labute approximate surface area is 153 Å². The summed E-state index contributed by atoms with van der Waals surface area (Å²) in [5.41, 5.74) is 3.38. The summed E-state index contributed by atoms with van der Waals surface area (Å²) in [5.74, 6) is 1.30. The van der Waals surface area contributed by atoms with Gasteiger partial charge in [0.15, 0.2) is 0 Å². The number of benzene rings is 2. The second kappa shape index (κ2) is 8.13. The number of hydrogen-bond donors (Lipinski definition) is 2. The Morgan fingerprint density at radius 2 is 1.77 bits per heavy atom. The lowest BCUT2D eigenvalue weighted by atomic mass is 10.1. The Morgan fingerprint density at radius 1 is 1.04 bits per heavy atom. The summed E-state index contributed by atoms with van der Waals surface area (Å²) in [6.07, 6.45) is 0.983. The van der Waals surface area contributed by atoms with Gasteiger partial charge in [-0.2, -0.15) is 10.2 Å². The predicted octanol–water partition coefficient (Wildman–Crippen LogP) is 4.97. The lowest BCUT2D eigenvalue weighted by Crippen LogP contribution is -2.16. The van der Waals surface area contributed by atoms with Gasteiger partial charge in [-0.05, 0) is 37.6 Å². The average Bonchev–Trinajstić information content (AvgIpc) is 2.69. The highest BCUT2D eigenvalue weighted by Crippen LogP contribution is 2.24. The molecule has 1 aromatic heterocycles. The van der Waals surface area contributed by atoms with E-state index in [4.69, 9.17) is 5.26 Å². The van der Waals surface area contributed by atoms with Crippen LogP contribution in [0.15, 0.2) is 60.7 Å². The molecule has 1 unspecified atom stereocenters. The van der Waals surface area contributed by atoms with Gasteiger partial charge in [0.1, 0.15) is 5.82 Å². The van der Waals surface area contributed by atoms with Crippen LogP contribution in [0.5, 0.6) is 0 Å². The van der Waals surface area contributed by atoms with Gasteiger partial charge in [0, 0.05) is 23.4 Å². The zero-order valence-electron chi connectivity index (χ0n) is 14.9. The van der Waals surface area contributed by atoms with Crippen molar-refractivity contribution < 1.29 is 0 Å². The van der Waals surface area contributed by atoms with Gasteiger partial charge in [0.05, 0.1) is 17.3 Å². The molecule has 0 aliphatic carbocycles. The van der Waals surface area contributed by atoms with E-state index in [1.165, 1.54) is 0 Å². The minimum atomic E-state index is 0.281. The van der Waals surface area contributed by atoms with E-state index in [2.05, 4.69) is 40.5 Å². The van der Waals surface area contributed by atoms with Crippen LogP contribution in [0.25, 0.3) is 11.3 Å². The Morgan fingerprint density at radius 3 is 2.42 bits per heavy atom. The van der Waals surface area contributed by atoms with Crippen LogP contribution in [0.2, 0.25) is 0 Å². The van der Waals surface area contributed by atoms with Gasteiger partial charge < -0.3 is 10.6 Å². The van der Waals surface area contributed by atoms with Crippen LogP contribution in [-0.4, -0.2) is 16.0 Å². The number of aromatic nitrogens is 2. The molecule has 0 saturated heterocycles. The van der Waals surface area contributed by atoms with Crippen LogP contribution in [0.3, 0.4) is 0 Å². The first-order valence-electron chi connectivity index (χ1n) is 8.66. The minimum Gasteiger partial charge on any atom is -0.352 e. The number of nitriles is 1. The molecule has 0 saturated carbocycles. The topological polar surface area (TPSA) is 73.6 Å². The normalized spacial score (nSPS) is 11.4. The Kier molecular flexibility index (Phi) is 5.45. The lowest BCUT2D eigenvalue weighted by molar-refractivity contribution is 0.753. The third kappa shape index (κ3) is 4.37.